The Hall–Kier alpha value is -3.65. The van der Waals surface area contributed by atoms with Gasteiger partial charge in [0, 0.05) is 25.0 Å². The van der Waals surface area contributed by atoms with Crippen molar-refractivity contribution in [2.45, 2.75) is 83.1 Å². The van der Waals surface area contributed by atoms with Gasteiger partial charge in [0.25, 0.3) is 0 Å². The number of methoxy groups -OCH3 is 1. The molecule has 2 aliphatic carbocycles. The van der Waals surface area contributed by atoms with Gasteiger partial charge in [-0.25, -0.2) is 9.18 Å². The second kappa shape index (κ2) is 12.1. The highest BCUT2D eigenvalue weighted by atomic mass is 19.1. The fourth-order valence-corrected chi connectivity index (χ4v) is 5.91. The Morgan fingerprint density at radius 2 is 1.66 bits per heavy atom. The maximum atomic E-state index is 15.0. The molecule has 0 aliphatic heterocycles. The molecule has 0 atom stereocenters. The van der Waals surface area contributed by atoms with Crippen molar-refractivity contribution >= 4 is 22.7 Å². The van der Waals surface area contributed by atoms with Gasteiger partial charge in [0.05, 0.1) is 18.6 Å². The summed E-state index contributed by atoms with van der Waals surface area (Å²) in [5, 5.41) is 2.17. The molecular weight excluding hydrogens is 525 g/mol. The Morgan fingerprint density at radius 3 is 2.39 bits per heavy atom. The molecule has 0 heterocycles. The number of rotatable bonds is 8. The zero-order chi connectivity index (χ0) is 29.0. The second-order valence-electron chi connectivity index (χ2n) is 11.6. The molecule has 7 nitrogen and oxygen atoms in total. The number of ether oxygens (including phenoxy) is 4. The van der Waals surface area contributed by atoms with E-state index in [4.69, 9.17) is 24.7 Å². The van der Waals surface area contributed by atoms with E-state index in [0.29, 0.717) is 38.5 Å². The van der Waals surface area contributed by atoms with Crippen molar-refractivity contribution in [1.29, 1.82) is 0 Å². The van der Waals surface area contributed by atoms with E-state index in [9.17, 15) is 14.0 Å². The van der Waals surface area contributed by atoms with Gasteiger partial charge in [0.2, 0.25) is 0 Å². The van der Waals surface area contributed by atoms with Crippen LogP contribution in [0.1, 0.15) is 80.6 Å². The molecule has 0 bridgehead atoms. The SMILES string of the molecule is COc1cc(F)c(OC2CCC(C)(C(=O)OCc3cccc4ccccc34)CC2)cc1C(=O)OC1(N)CCCCC1. The lowest BCUT2D eigenvalue weighted by Crippen LogP contribution is -2.46. The van der Waals surface area contributed by atoms with E-state index in [2.05, 4.69) is 0 Å². The Morgan fingerprint density at radius 1 is 0.951 bits per heavy atom. The van der Waals surface area contributed by atoms with Crippen LogP contribution in [0, 0.1) is 11.2 Å². The van der Waals surface area contributed by atoms with Gasteiger partial charge in [0.15, 0.2) is 17.3 Å². The van der Waals surface area contributed by atoms with Gasteiger partial charge in [-0.15, -0.1) is 0 Å². The van der Waals surface area contributed by atoms with Crippen molar-refractivity contribution in [2.24, 2.45) is 11.1 Å². The quantitative estimate of drug-likeness (QED) is 0.237. The lowest BCUT2D eigenvalue weighted by molar-refractivity contribution is -0.159. The molecule has 0 radical (unpaired) electrons. The summed E-state index contributed by atoms with van der Waals surface area (Å²) in [5.41, 5.74) is 5.64. The highest BCUT2D eigenvalue weighted by molar-refractivity contribution is 5.93. The Balaban J connectivity index is 1.20. The first-order valence-corrected chi connectivity index (χ1v) is 14.4. The molecule has 2 fully saturated rings. The van der Waals surface area contributed by atoms with E-state index >= 15 is 0 Å². The standard InChI is InChI=1S/C33H38FNO6/c1-32(31(37)39-21-23-11-8-10-22-9-4-5-12-25(22)23)17-13-24(14-18-32)40-29-19-26(28(38-2)20-27(29)34)30(36)41-33(35)15-6-3-7-16-33/h4-5,8-12,19-20,24H,3,6-7,13-18,21,35H2,1-2H3. The molecule has 5 rings (SSSR count). The third kappa shape index (κ3) is 6.48. The second-order valence-corrected chi connectivity index (χ2v) is 11.6. The number of hydrogen-bond donors (Lipinski definition) is 1. The molecule has 0 spiro atoms. The molecule has 0 saturated heterocycles. The van der Waals surface area contributed by atoms with Crippen molar-refractivity contribution in [3.8, 4) is 11.5 Å². The minimum atomic E-state index is -1.04. The van der Waals surface area contributed by atoms with Crippen molar-refractivity contribution in [2.75, 3.05) is 7.11 Å². The van der Waals surface area contributed by atoms with Crippen LogP contribution >= 0.6 is 0 Å². The molecule has 0 amide bonds. The van der Waals surface area contributed by atoms with Gasteiger partial charge in [-0.2, -0.15) is 0 Å². The summed E-state index contributed by atoms with van der Waals surface area (Å²) >= 11 is 0. The predicted octanol–water partition coefficient (Wildman–Crippen LogP) is 6.83. The van der Waals surface area contributed by atoms with E-state index in [1.807, 2.05) is 49.4 Å². The predicted molar refractivity (Wildman–Crippen MR) is 153 cm³/mol. The van der Waals surface area contributed by atoms with Crippen molar-refractivity contribution in [3.05, 3.63) is 71.5 Å². The highest BCUT2D eigenvalue weighted by Crippen LogP contribution is 2.40. The Bertz CT molecular complexity index is 1400. The van der Waals surface area contributed by atoms with Crippen LogP contribution in [0.3, 0.4) is 0 Å². The van der Waals surface area contributed by atoms with Gasteiger partial charge in [-0.05, 0) is 61.8 Å². The number of carbonyl (C=O) groups is 2. The molecule has 2 N–H and O–H groups in total. The zero-order valence-electron chi connectivity index (χ0n) is 23.7. The first-order chi connectivity index (χ1) is 19.7. The lowest BCUT2D eigenvalue weighted by atomic mass is 9.74. The fraction of sp³-hybridized carbons (Fsp3) is 0.455. The van der Waals surface area contributed by atoms with Crippen LogP contribution in [-0.4, -0.2) is 30.9 Å². The van der Waals surface area contributed by atoms with E-state index in [0.717, 1.165) is 41.7 Å². The molecule has 3 aromatic carbocycles. The molecule has 8 heteroatoms. The minimum absolute atomic E-state index is 0.0559. The smallest absolute Gasteiger partial charge is 0.343 e. The lowest BCUT2D eigenvalue weighted by Gasteiger charge is -2.35. The van der Waals surface area contributed by atoms with E-state index in [1.54, 1.807) is 0 Å². The van der Waals surface area contributed by atoms with Crippen LogP contribution < -0.4 is 15.2 Å². The first kappa shape index (κ1) is 28.9. The first-order valence-electron chi connectivity index (χ1n) is 14.4. The zero-order valence-corrected chi connectivity index (χ0v) is 23.7. The summed E-state index contributed by atoms with van der Waals surface area (Å²) in [5.74, 6) is -1.55. The third-order valence-electron chi connectivity index (χ3n) is 8.53. The molecular formula is C33H38FNO6. The number of halogens is 1. The number of esters is 2. The normalized spacial score (nSPS) is 22.1. The number of nitrogens with two attached hydrogens (primary N) is 1. The molecule has 0 aromatic heterocycles. The molecule has 2 saturated carbocycles. The molecule has 3 aromatic rings. The summed E-state index contributed by atoms with van der Waals surface area (Å²) in [6.45, 7) is 2.11. The largest absolute Gasteiger partial charge is 0.496 e. The van der Waals surface area contributed by atoms with Crippen LogP contribution in [0.2, 0.25) is 0 Å². The highest BCUT2D eigenvalue weighted by Gasteiger charge is 2.40. The Kier molecular flexibility index (Phi) is 8.50. The summed E-state index contributed by atoms with van der Waals surface area (Å²) in [7, 11) is 1.37. The van der Waals surface area contributed by atoms with Crippen molar-refractivity contribution < 1.29 is 32.9 Å². The van der Waals surface area contributed by atoms with Gasteiger partial charge in [-0.1, -0.05) is 48.9 Å². The summed E-state index contributed by atoms with van der Waals surface area (Å²) in [6.07, 6.45) is 5.81. The number of carbonyl (C=O) groups excluding carboxylic acids is 2. The van der Waals surface area contributed by atoms with E-state index < -0.39 is 22.9 Å². The maximum Gasteiger partial charge on any atom is 0.343 e. The van der Waals surface area contributed by atoms with Crippen LogP contribution in [0.15, 0.2) is 54.6 Å². The van der Waals surface area contributed by atoms with Crippen molar-refractivity contribution in [3.63, 3.8) is 0 Å². The molecule has 0 unspecified atom stereocenters. The van der Waals surface area contributed by atoms with Gasteiger partial charge >= 0.3 is 11.9 Å². The maximum absolute atomic E-state index is 15.0. The number of benzene rings is 3. The Labute approximate surface area is 240 Å². The topological polar surface area (TPSA) is 97.1 Å². The van der Waals surface area contributed by atoms with Gasteiger partial charge in [-0.3, -0.25) is 10.5 Å². The van der Waals surface area contributed by atoms with E-state index in [1.165, 1.54) is 13.2 Å². The van der Waals surface area contributed by atoms with Gasteiger partial charge < -0.3 is 18.9 Å². The molecule has 218 valence electrons. The summed E-state index contributed by atoms with van der Waals surface area (Å²) in [6, 6.07) is 16.4. The minimum Gasteiger partial charge on any atom is -0.496 e. The van der Waals surface area contributed by atoms with E-state index in [-0.39, 0.29) is 35.7 Å². The summed E-state index contributed by atoms with van der Waals surface area (Å²) < 4.78 is 37.7. The van der Waals surface area contributed by atoms with Gasteiger partial charge in [0.1, 0.15) is 17.9 Å². The van der Waals surface area contributed by atoms with Crippen LogP contribution in [0.5, 0.6) is 11.5 Å². The van der Waals surface area contributed by atoms with Crippen LogP contribution in [-0.2, 0) is 20.9 Å². The van der Waals surface area contributed by atoms with Crippen LogP contribution in [0.4, 0.5) is 4.39 Å². The molecule has 2 aliphatic rings. The fourth-order valence-electron chi connectivity index (χ4n) is 5.91. The monoisotopic (exact) mass is 563 g/mol. The van der Waals surface area contributed by atoms with Crippen molar-refractivity contribution in [1.82, 2.24) is 0 Å². The summed E-state index contributed by atoms with van der Waals surface area (Å²) in [4.78, 5) is 26.2. The average molecular weight is 564 g/mol. The van der Waals surface area contributed by atoms with Crippen LogP contribution in [0.25, 0.3) is 10.8 Å². The third-order valence-corrected chi connectivity index (χ3v) is 8.53. The number of fused-ring (bicyclic) bond motifs is 1. The molecule has 41 heavy (non-hydrogen) atoms. The number of hydrogen-bond acceptors (Lipinski definition) is 7. The average Bonchev–Trinajstić information content (AvgIpc) is 2.98.